The predicted molar refractivity (Wildman–Crippen MR) is 53.0 cm³/mol. The fraction of sp³-hybridized carbons (Fsp3) is 0.111. The third-order valence-electron chi connectivity index (χ3n) is 1.54. The Hall–Kier alpha value is 0.0564. The Morgan fingerprint density at radius 1 is 1.50 bits per heavy atom. The number of para-hydroxylation sites is 1. The molecule has 1 aromatic carbocycles. The zero-order valence-corrected chi connectivity index (χ0v) is 7.08. The molecule has 0 aliphatic heterocycles. The number of nitrogens with one attached hydrogen (secondary N) is 1. The fourth-order valence-electron chi connectivity index (χ4n) is 0.960. The number of ether oxygens (including phenoxy) is 1. The Balaban J connectivity index is 0.00000169. The monoisotopic (exact) mass is 222 g/mol. The Morgan fingerprint density at radius 3 is 2.71 bits per heavy atom. The molecule has 0 spiro atoms. The molecule has 3 nitrogen and oxygen atoms in total. The zero-order chi connectivity index (χ0) is 9.68. The van der Waals surface area contributed by atoms with Crippen molar-refractivity contribution in [1.82, 2.24) is 5.32 Å². The number of benzene rings is 1. The van der Waals surface area contributed by atoms with E-state index in [1.807, 2.05) is 5.32 Å². The second-order valence-electron chi connectivity index (χ2n) is 2.28. The average molecular weight is 222 g/mol. The summed E-state index contributed by atoms with van der Waals surface area (Å²) in [6, 6.07) is 6.59. The molecule has 1 amide bonds. The quantitative estimate of drug-likeness (QED) is 0.608. The molecule has 0 aromatic heterocycles. The van der Waals surface area contributed by atoms with Gasteiger partial charge in [-0.05, 0) is 12.1 Å². The van der Waals surface area contributed by atoms with Gasteiger partial charge in [0, 0.05) is 0 Å². The van der Waals surface area contributed by atoms with Crippen LogP contribution in [0.1, 0.15) is 10.4 Å². The molecule has 0 fully saturated rings. The molecule has 1 N–H and O–H groups in total. The number of hydrogen-bond acceptors (Lipinski definition) is 2. The molecule has 0 unspecified atom stereocenters. The van der Waals surface area contributed by atoms with Gasteiger partial charge in [-0.1, -0.05) is 12.1 Å². The van der Waals surface area contributed by atoms with Crippen molar-refractivity contribution in [3.05, 3.63) is 36.6 Å². The summed E-state index contributed by atoms with van der Waals surface area (Å²) in [6.45, 7) is 0.0920. The van der Waals surface area contributed by atoms with Crippen LogP contribution in [-0.4, -0.2) is 64.4 Å². The van der Waals surface area contributed by atoms with Gasteiger partial charge in [-0.25, -0.2) is 4.39 Å². The van der Waals surface area contributed by atoms with Crippen LogP contribution in [0.4, 0.5) is 4.39 Å². The Morgan fingerprint density at radius 2 is 2.14 bits per heavy atom. The molecule has 0 aliphatic carbocycles. The molecule has 1 aromatic rings. The third-order valence-corrected chi connectivity index (χ3v) is 1.54. The summed E-state index contributed by atoms with van der Waals surface area (Å²) in [4.78, 5) is 11.2. The van der Waals surface area contributed by atoms with Crippen molar-refractivity contribution in [2.45, 2.75) is 0 Å². The zero-order valence-electron chi connectivity index (χ0n) is 7.08. The summed E-state index contributed by atoms with van der Waals surface area (Å²) < 4.78 is 16.6. The number of carbonyl (C=O) groups excluding carboxylic acids is 1. The van der Waals surface area contributed by atoms with Gasteiger partial charge < -0.3 is 10.1 Å². The minimum atomic E-state index is -0.528. The summed E-state index contributed by atoms with van der Waals surface area (Å²) in [6.07, 6.45) is 0. The minimum absolute atomic E-state index is 0. The van der Waals surface area contributed by atoms with Gasteiger partial charge in [0.25, 0.3) is 5.91 Å². The van der Waals surface area contributed by atoms with Crippen molar-refractivity contribution in [3.63, 3.8) is 0 Å². The van der Waals surface area contributed by atoms with E-state index < -0.39 is 5.91 Å². The van der Waals surface area contributed by atoms with Crippen LogP contribution < -0.4 is 10.1 Å². The SMILES string of the molecule is COc1ccccc1C(=O)N[CH]F.[KH]. The number of halogens is 1. The van der Waals surface area contributed by atoms with Crippen molar-refractivity contribution in [1.29, 1.82) is 0 Å². The van der Waals surface area contributed by atoms with E-state index in [1.165, 1.54) is 7.11 Å². The molecule has 1 radical (unpaired) electrons. The molecule has 0 saturated heterocycles. The fourth-order valence-corrected chi connectivity index (χ4v) is 0.960. The Bertz CT molecular complexity index is 307. The van der Waals surface area contributed by atoms with Gasteiger partial charge in [0.2, 0.25) is 6.80 Å². The first-order valence-electron chi connectivity index (χ1n) is 3.65. The van der Waals surface area contributed by atoms with Gasteiger partial charge in [-0.3, -0.25) is 4.79 Å². The van der Waals surface area contributed by atoms with E-state index in [0.717, 1.165) is 0 Å². The topological polar surface area (TPSA) is 38.3 Å². The van der Waals surface area contributed by atoms with Crippen LogP contribution in [-0.2, 0) is 0 Å². The molecule has 0 heterocycles. The van der Waals surface area contributed by atoms with Gasteiger partial charge in [0.05, 0.1) is 12.7 Å². The normalized spacial score (nSPS) is 8.71. The average Bonchev–Trinajstić information content (AvgIpc) is 2.18. The Labute approximate surface area is 124 Å². The van der Waals surface area contributed by atoms with Crippen LogP contribution in [0, 0.1) is 6.80 Å². The first kappa shape index (κ1) is 14.1. The molecule has 1 rings (SSSR count). The van der Waals surface area contributed by atoms with Gasteiger partial charge in [0.15, 0.2) is 0 Å². The number of carbonyl (C=O) groups is 1. The third kappa shape index (κ3) is 3.66. The standard InChI is InChI=1S/C9H9FNO2.K.H/c1-13-8-5-3-2-4-7(8)9(12)11-6-10;;/h2-6H,1H3,(H,11,12);;. The van der Waals surface area contributed by atoms with E-state index in [2.05, 4.69) is 0 Å². The first-order valence-corrected chi connectivity index (χ1v) is 3.65. The van der Waals surface area contributed by atoms with E-state index in [1.54, 1.807) is 24.3 Å². The van der Waals surface area contributed by atoms with Crippen molar-refractivity contribution in [3.8, 4) is 5.75 Å². The van der Waals surface area contributed by atoms with Crippen LogP contribution in [0.3, 0.4) is 0 Å². The van der Waals surface area contributed by atoms with Crippen molar-refractivity contribution >= 4 is 57.3 Å². The molecular formula is C9H10FKNO2. The van der Waals surface area contributed by atoms with Crippen LogP contribution >= 0.6 is 0 Å². The molecule has 0 aliphatic rings. The first-order chi connectivity index (χ1) is 6.29. The predicted octanol–water partition coefficient (Wildman–Crippen LogP) is 0.865. The van der Waals surface area contributed by atoms with Gasteiger partial charge in [-0.2, -0.15) is 0 Å². The maximum absolute atomic E-state index is 11.7. The van der Waals surface area contributed by atoms with E-state index in [-0.39, 0.29) is 58.2 Å². The molecule has 0 bridgehead atoms. The number of rotatable bonds is 3. The van der Waals surface area contributed by atoms with Crippen LogP contribution in [0.2, 0.25) is 0 Å². The van der Waals surface area contributed by atoms with Crippen LogP contribution in [0.5, 0.6) is 5.75 Å². The Kier molecular flexibility index (Phi) is 7.39. The van der Waals surface area contributed by atoms with E-state index >= 15 is 0 Å². The second kappa shape index (κ2) is 7.36. The number of hydrogen-bond donors (Lipinski definition) is 1. The summed E-state index contributed by atoms with van der Waals surface area (Å²) in [7, 11) is 1.45. The summed E-state index contributed by atoms with van der Waals surface area (Å²) in [5, 5.41) is 1.93. The summed E-state index contributed by atoms with van der Waals surface area (Å²) in [5.41, 5.74) is 0.305. The van der Waals surface area contributed by atoms with E-state index in [0.29, 0.717) is 11.3 Å². The van der Waals surface area contributed by atoms with Crippen molar-refractivity contribution in [2.75, 3.05) is 7.11 Å². The van der Waals surface area contributed by atoms with Crippen molar-refractivity contribution in [2.24, 2.45) is 0 Å². The van der Waals surface area contributed by atoms with E-state index in [4.69, 9.17) is 4.74 Å². The maximum atomic E-state index is 11.7. The number of amides is 1. The van der Waals surface area contributed by atoms with Crippen LogP contribution in [0.15, 0.2) is 24.3 Å². The van der Waals surface area contributed by atoms with E-state index in [9.17, 15) is 9.18 Å². The van der Waals surface area contributed by atoms with Gasteiger partial charge >= 0.3 is 51.4 Å². The molecule has 71 valence electrons. The second-order valence-corrected chi connectivity index (χ2v) is 2.28. The molecule has 0 atom stereocenters. The molecule has 0 saturated carbocycles. The summed E-state index contributed by atoms with van der Waals surface area (Å²) in [5.74, 6) is -0.109. The van der Waals surface area contributed by atoms with Crippen LogP contribution in [0.25, 0.3) is 0 Å². The number of methoxy groups -OCH3 is 1. The van der Waals surface area contributed by atoms with Gasteiger partial charge in [-0.15, -0.1) is 0 Å². The van der Waals surface area contributed by atoms with Gasteiger partial charge in [0.1, 0.15) is 5.75 Å². The molecule has 5 heteroatoms. The summed E-state index contributed by atoms with van der Waals surface area (Å²) >= 11 is 0. The molecule has 14 heavy (non-hydrogen) atoms. The van der Waals surface area contributed by atoms with Crippen molar-refractivity contribution < 1.29 is 13.9 Å². The molecular weight excluding hydrogens is 212 g/mol.